The van der Waals surface area contributed by atoms with Crippen molar-refractivity contribution in [1.29, 1.82) is 0 Å². The lowest BCUT2D eigenvalue weighted by Gasteiger charge is -2.02. The Bertz CT molecular complexity index is 429. The van der Waals surface area contributed by atoms with Crippen LogP contribution in [0.25, 0.3) is 11.0 Å². The molecule has 1 aromatic heterocycles. The van der Waals surface area contributed by atoms with E-state index in [1.165, 1.54) is 0 Å². The van der Waals surface area contributed by atoms with Crippen LogP contribution in [0.1, 0.15) is 11.1 Å². The van der Waals surface area contributed by atoms with Gasteiger partial charge in [0.2, 0.25) is 0 Å². The molecular weight excluding hydrogens is 150 g/mol. The van der Waals surface area contributed by atoms with Crippen LogP contribution in [0, 0.1) is 13.8 Å². The van der Waals surface area contributed by atoms with E-state index >= 15 is 0 Å². The van der Waals surface area contributed by atoms with Crippen molar-refractivity contribution in [3.8, 4) is 0 Å². The Balaban J connectivity index is 2.97. The van der Waals surface area contributed by atoms with Gasteiger partial charge in [-0.05, 0) is 31.0 Å². The van der Waals surface area contributed by atoms with E-state index in [4.69, 9.17) is 10.2 Å². The third-order valence-electron chi connectivity index (χ3n) is 2.17. The highest BCUT2D eigenvalue weighted by Gasteiger charge is 2.06. The van der Waals surface area contributed by atoms with Crippen LogP contribution in [0.4, 0.5) is 5.69 Å². The smallest absolute Gasteiger partial charge is 0.138 e. The summed E-state index contributed by atoms with van der Waals surface area (Å²) in [7, 11) is 0. The molecule has 0 fully saturated rings. The Hall–Kier alpha value is -1.44. The van der Waals surface area contributed by atoms with E-state index in [1.807, 2.05) is 26.0 Å². The van der Waals surface area contributed by atoms with Crippen LogP contribution < -0.4 is 5.73 Å². The van der Waals surface area contributed by atoms with E-state index in [0.717, 1.165) is 27.8 Å². The van der Waals surface area contributed by atoms with Crippen LogP contribution >= 0.6 is 0 Å². The Morgan fingerprint density at radius 2 is 2.00 bits per heavy atom. The molecule has 0 atom stereocenters. The van der Waals surface area contributed by atoms with Crippen molar-refractivity contribution in [3.05, 3.63) is 29.5 Å². The van der Waals surface area contributed by atoms with E-state index in [0.29, 0.717) is 0 Å². The molecule has 1 aromatic carbocycles. The standard InChI is InChI=1S/C10H11NO/c1-6-5-7(2)10-8(9(6)11)3-4-12-10/h3-5H,11H2,1-2H3. The highest BCUT2D eigenvalue weighted by Crippen LogP contribution is 2.28. The maximum atomic E-state index is 5.87. The minimum Gasteiger partial charge on any atom is -0.464 e. The summed E-state index contributed by atoms with van der Waals surface area (Å²) in [5.41, 5.74) is 9.85. The van der Waals surface area contributed by atoms with Crippen molar-refractivity contribution < 1.29 is 4.42 Å². The number of hydrogen-bond acceptors (Lipinski definition) is 2. The van der Waals surface area contributed by atoms with Crippen LogP contribution in [0.2, 0.25) is 0 Å². The first kappa shape index (κ1) is 7.22. The summed E-state index contributed by atoms with van der Waals surface area (Å²) in [6, 6.07) is 3.95. The Kier molecular flexibility index (Phi) is 1.37. The molecule has 2 aromatic rings. The highest BCUT2D eigenvalue weighted by molar-refractivity contribution is 5.92. The molecule has 0 aliphatic carbocycles. The molecule has 0 spiro atoms. The number of hydrogen-bond donors (Lipinski definition) is 1. The van der Waals surface area contributed by atoms with Gasteiger partial charge in [-0.15, -0.1) is 0 Å². The zero-order valence-corrected chi connectivity index (χ0v) is 7.22. The van der Waals surface area contributed by atoms with Crippen LogP contribution in [0.3, 0.4) is 0 Å². The predicted octanol–water partition coefficient (Wildman–Crippen LogP) is 2.63. The van der Waals surface area contributed by atoms with Gasteiger partial charge >= 0.3 is 0 Å². The molecule has 1 heterocycles. The second-order valence-corrected chi connectivity index (χ2v) is 3.09. The van der Waals surface area contributed by atoms with Gasteiger partial charge < -0.3 is 10.2 Å². The summed E-state index contributed by atoms with van der Waals surface area (Å²) in [5, 5.41) is 1.02. The number of nitrogens with two attached hydrogens (primary N) is 1. The topological polar surface area (TPSA) is 39.2 Å². The lowest BCUT2D eigenvalue weighted by molar-refractivity contribution is 0.613. The number of fused-ring (bicyclic) bond motifs is 1. The first-order chi connectivity index (χ1) is 5.70. The summed E-state index contributed by atoms with van der Waals surface area (Å²) in [6.07, 6.45) is 1.67. The summed E-state index contributed by atoms with van der Waals surface area (Å²) >= 11 is 0. The van der Waals surface area contributed by atoms with E-state index < -0.39 is 0 Å². The van der Waals surface area contributed by atoms with Crippen molar-refractivity contribution >= 4 is 16.7 Å². The van der Waals surface area contributed by atoms with Crippen molar-refractivity contribution in [2.24, 2.45) is 0 Å². The molecule has 0 aliphatic rings. The lowest BCUT2D eigenvalue weighted by atomic mass is 10.1. The molecule has 0 unspecified atom stereocenters. The molecule has 0 saturated heterocycles. The molecule has 0 saturated carbocycles. The number of rotatable bonds is 0. The molecule has 2 heteroatoms. The van der Waals surface area contributed by atoms with Crippen LogP contribution in [0.5, 0.6) is 0 Å². The van der Waals surface area contributed by atoms with E-state index in [9.17, 15) is 0 Å². The van der Waals surface area contributed by atoms with Crippen molar-refractivity contribution in [1.82, 2.24) is 0 Å². The first-order valence-electron chi connectivity index (χ1n) is 3.93. The Morgan fingerprint density at radius 1 is 1.25 bits per heavy atom. The van der Waals surface area contributed by atoms with E-state index in [1.54, 1.807) is 6.26 Å². The van der Waals surface area contributed by atoms with Crippen LogP contribution in [0.15, 0.2) is 22.8 Å². The lowest BCUT2D eigenvalue weighted by Crippen LogP contribution is -1.90. The predicted molar refractivity (Wildman–Crippen MR) is 50.1 cm³/mol. The van der Waals surface area contributed by atoms with Gasteiger partial charge in [-0.2, -0.15) is 0 Å². The van der Waals surface area contributed by atoms with Crippen LogP contribution in [-0.4, -0.2) is 0 Å². The van der Waals surface area contributed by atoms with Gasteiger partial charge in [0.25, 0.3) is 0 Å². The van der Waals surface area contributed by atoms with Crippen LogP contribution in [-0.2, 0) is 0 Å². The zero-order valence-electron chi connectivity index (χ0n) is 7.22. The summed E-state index contributed by atoms with van der Waals surface area (Å²) in [6.45, 7) is 4.03. The second kappa shape index (κ2) is 2.27. The molecule has 0 bridgehead atoms. The van der Waals surface area contributed by atoms with E-state index in [-0.39, 0.29) is 0 Å². The molecule has 2 N–H and O–H groups in total. The average molecular weight is 161 g/mol. The van der Waals surface area contributed by atoms with Crippen molar-refractivity contribution in [3.63, 3.8) is 0 Å². The minimum atomic E-state index is 0.823. The number of furan rings is 1. The number of benzene rings is 1. The fourth-order valence-corrected chi connectivity index (χ4v) is 1.51. The molecule has 0 aliphatic heterocycles. The zero-order chi connectivity index (χ0) is 8.72. The molecule has 62 valence electrons. The third-order valence-corrected chi connectivity index (χ3v) is 2.17. The summed E-state index contributed by atoms with van der Waals surface area (Å²) in [4.78, 5) is 0. The van der Waals surface area contributed by atoms with Crippen molar-refractivity contribution in [2.75, 3.05) is 5.73 Å². The van der Waals surface area contributed by atoms with Gasteiger partial charge in [-0.1, -0.05) is 6.07 Å². The first-order valence-corrected chi connectivity index (χ1v) is 3.93. The van der Waals surface area contributed by atoms with Gasteiger partial charge in [-0.3, -0.25) is 0 Å². The fraction of sp³-hybridized carbons (Fsp3) is 0.200. The second-order valence-electron chi connectivity index (χ2n) is 3.09. The molecule has 12 heavy (non-hydrogen) atoms. The number of anilines is 1. The SMILES string of the molecule is Cc1cc(C)c2occc2c1N. The van der Waals surface area contributed by atoms with Crippen molar-refractivity contribution in [2.45, 2.75) is 13.8 Å². The third kappa shape index (κ3) is 0.811. The quantitative estimate of drug-likeness (QED) is 0.603. The molecular formula is C10H11NO. The Morgan fingerprint density at radius 3 is 2.75 bits per heavy atom. The number of nitrogen functional groups attached to an aromatic ring is 1. The molecule has 0 amide bonds. The Labute approximate surface area is 71.0 Å². The largest absolute Gasteiger partial charge is 0.464 e. The van der Waals surface area contributed by atoms with Gasteiger partial charge in [0.1, 0.15) is 5.58 Å². The van der Waals surface area contributed by atoms with E-state index in [2.05, 4.69) is 0 Å². The van der Waals surface area contributed by atoms with Gasteiger partial charge in [0, 0.05) is 11.1 Å². The molecule has 2 nitrogen and oxygen atoms in total. The number of aryl methyl sites for hydroxylation is 2. The normalized spacial score (nSPS) is 10.8. The van der Waals surface area contributed by atoms with Gasteiger partial charge in [0.15, 0.2) is 0 Å². The maximum absolute atomic E-state index is 5.87. The highest BCUT2D eigenvalue weighted by atomic mass is 16.3. The fourth-order valence-electron chi connectivity index (χ4n) is 1.51. The monoisotopic (exact) mass is 161 g/mol. The molecule has 0 radical (unpaired) electrons. The van der Waals surface area contributed by atoms with Gasteiger partial charge in [0.05, 0.1) is 6.26 Å². The average Bonchev–Trinajstić information content (AvgIpc) is 2.48. The van der Waals surface area contributed by atoms with Gasteiger partial charge in [-0.25, -0.2) is 0 Å². The minimum absolute atomic E-state index is 0.823. The molecule has 2 rings (SSSR count). The summed E-state index contributed by atoms with van der Waals surface area (Å²) < 4.78 is 5.30. The summed E-state index contributed by atoms with van der Waals surface area (Å²) in [5.74, 6) is 0. The maximum Gasteiger partial charge on any atom is 0.138 e.